The van der Waals surface area contributed by atoms with Crippen LogP contribution in [0.2, 0.25) is 0 Å². The zero-order valence-electron chi connectivity index (χ0n) is 2.69. The molecule has 0 N–H and O–H groups in total. The van der Waals surface area contributed by atoms with Crippen molar-refractivity contribution in [2.75, 3.05) is 0 Å². The van der Waals surface area contributed by atoms with Gasteiger partial charge in [-0.05, 0) is 6.92 Å². The van der Waals surface area contributed by atoms with Crippen molar-refractivity contribution in [2.24, 2.45) is 0 Å². The molecule has 0 aliphatic heterocycles. The van der Waals surface area contributed by atoms with Gasteiger partial charge in [-0.1, -0.05) is 0 Å². The molecule has 0 amide bonds. The van der Waals surface area contributed by atoms with Crippen molar-refractivity contribution in [2.45, 2.75) is 6.92 Å². The van der Waals surface area contributed by atoms with E-state index >= 15 is 0 Å². The topological polar surface area (TPSA) is 0 Å². The summed E-state index contributed by atoms with van der Waals surface area (Å²) in [5, 5.41) is 0. The van der Waals surface area contributed by atoms with Gasteiger partial charge >= 0.3 is 27.7 Å². The standard InChI is InChI=1S/C3H3.ClH.Pd/c1-3-2;;/h1H3;1H;/q-1;;+2/p-1. The fourth-order valence-corrected chi connectivity index (χ4v) is 0. The minimum atomic E-state index is 1.54. The van der Waals surface area contributed by atoms with Gasteiger partial charge in [0.15, 0.2) is 0 Å². The monoisotopic (exact) mass is 180 g/mol. The van der Waals surface area contributed by atoms with Gasteiger partial charge in [0.25, 0.3) is 0 Å². The van der Waals surface area contributed by atoms with E-state index in [-0.39, 0.29) is 0 Å². The van der Waals surface area contributed by atoms with Crippen LogP contribution < -0.4 is 0 Å². The molecule has 5 heavy (non-hydrogen) atoms. The van der Waals surface area contributed by atoms with Crippen molar-refractivity contribution >= 4 is 9.53 Å². The Hall–Kier alpha value is 0.512. The van der Waals surface area contributed by atoms with Crippen LogP contribution in [0.25, 0.3) is 0 Å². The molecule has 0 atom stereocenters. The van der Waals surface area contributed by atoms with Gasteiger partial charge < -0.3 is 12.3 Å². The molecule has 0 rings (SSSR count). The summed E-state index contributed by atoms with van der Waals surface area (Å²) >= 11 is 2.22. The summed E-state index contributed by atoms with van der Waals surface area (Å²) in [5.41, 5.74) is 0. The van der Waals surface area contributed by atoms with E-state index in [0.29, 0.717) is 0 Å². The molecule has 0 aliphatic carbocycles. The predicted molar refractivity (Wildman–Crippen MR) is 18.7 cm³/mol. The number of hydrogen-bond donors (Lipinski definition) is 0. The van der Waals surface area contributed by atoms with Crippen molar-refractivity contribution in [3.05, 3.63) is 6.42 Å². The third kappa shape index (κ3) is 109. The predicted octanol–water partition coefficient (Wildman–Crippen LogP) is 1.28. The Labute approximate surface area is 47.3 Å². The molecule has 0 heterocycles. The molecule has 0 aliphatic rings. The number of rotatable bonds is 0. The normalized spacial score (nSPS) is 3.00. The van der Waals surface area contributed by atoms with E-state index in [2.05, 4.69) is 27.7 Å². The second kappa shape index (κ2) is 24.3. The SMILES string of the molecule is [C-]#CC.[Cl][Pd+]. The Bertz CT molecular complexity index is 28.4. The van der Waals surface area contributed by atoms with Gasteiger partial charge in [0, 0.05) is 0 Å². The van der Waals surface area contributed by atoms with Crippen molar-refractivity contribution in [1.29, 1.82) is 0 Å². The van der Waals surface area contributed by atoms with Crippen LogP contribution in [0, 0.1) is 12.3 Å². The van der Waals surface area contributed by atoms with Gasteiger partial charge in [0.2, 0.25) is 0 Å². The molecule has 0 aromatic rings. The second-order valence-electron chi connectivity index (χ2n) is 0.250. The molecule has 0 aromatic carbocycles. The van der Waals surface area contributed by atoms with Crippen LogP contribution in [0.3, 0.4) is 0 Å². The molecular weight excluding hydrogens is 178 g/mol. The zero-order valence-corrected chi connectivity index (χ0v) is 5.00. The quantitative estimate of drug-likeness (QED) is 0.300. The summed E-state index contributed by atoms with van der Waals surface area (Å²) < 4.78 is 0. The maximum absolute atomic E-state index is 5.96. The van der Waals surface area contributed by atoms with E-state index in [9.17, 15) is 0 Å². The van der Waals surface area contributed by atoms with Crippen LogP contribution >= 0.6 is 9.53 Å². The Morgan fingerprint density at radius 2 is 1.80 bits per heavy atom. The fraction of sp³-hybridized carbons (Fsp3) is 0.333. The molecular formula is C3H3ClPd. The Balaban J connectivity index is 0. The van der Waals surface area contributed by atoms with E-state index < -0.39 is 0 Å². The molecule has 0 saturated heterocycles. The molecule has 0 bridgehead atoms. The molecule has 0 fully saturated rings. The average Bonchev–Trinajstić information content (AvgIpc) is 1.46. The second-order valence-corrected chi connectivity index (χ2v) is 0.250. The summed E-state index contributed by atoms with van der Waals surface area (Å²) in [6.45, 7) is 1.54. The van der Waals surface area contributed by atoms with Crippen molar-refractivity contribution in [1.82, 2.24) is 0 Å². The molecule has 0 radical (unpaired) electrons. The van der Waals surface area contributed by atoms with Crippen LogP contribution in [0.4, 0.5) is 0 Å². The molecule has 32 valence electrons. The average molecular weight is 181 g/mol. The summed E-state index contributed by atoms with van der Waals surface area (Å²) in [7, 11) is 4.49. The summed E-state index contributed by atoms with van der Waals surface area (Å²) in [6.07, 6.45) is 5.96. The van der Waals surface area contributed by atoms with E-state index in [4.69, 9.17) is 6.42 Å². The van der Waals surface area contributed by atoms with E-state index in [0.717, 1.165) is 0 Å². The van der Waals surface area contributed by atoms with E-state index in [1.807, 2.05) is 5.92 Å². The minimum absolute atomic E-state index is 1.54. The van der Waals surface area contributed by atoms with Crippen molar-refractivity contribution < 1.29 is 18.2 Å². The Kier molecular flexibility index (Phi) is 44.3. The first-order valence-electron chi connectivity index (χ1n) is 0.870. The van der Waals surface area contributed by atoms with E-state index in [1.165, 1.54) is 0 Å². The van der Waals surface area contributed by atoms with Crippen LogP contribution in [0.5, 0.6) is 0 Å². The molecule has 0 saturated carbocycles. The van der Waals surface area contributed by atoms with Gasteiger partial charge in [-0.15, -0.1) is 0 Å². The molecule has 0 aromatic heterocycles. The molecule has 0 nitrogen and oxygen atoms in total. The first-order valence-corrected chi connectivity index (χ1v) is 2.87. The zero-order chi connectivity index (χ0) is 4.71. The summed E-state index contributed by atoms with van der Waals surface area (Å²) in [4.78, 5) is 0. The van der Waals surface area contributed by atoms with Gasteiger partial charge in [0.1, 0.15) is 0 Å². The van der Waals surface area contributed by atoms with Crippen LogP contribution in [-0.4, -0.2) is 0 Å². The van der Waals surface area contributed by atoms with Gasteiger partial charge in [-0.3, -0.25) is 0 Å². The molecule has 2 heteroatoms. The summed E-state index contributed by atoms with van der Waals surface area (Å²) in [5.74, 6) is 2.00. The fourth-order valence-electron chi connectivity index (χ4n) is 0. The van der Waals surface area contributed by atoms with E-state index in [1.54, 1.807) is 6.92 Å². The first-order chi connectivity index (χ1) is 2.41. The summed E-state index contributed by atoms with van der Waals surface area (Å²) in [6, 6.07) is 0. The van der Waals surface area contributed by atoms with Gasteiger partial charge in [-0.2, -0.15) is 0 Å². The third-order valence-corrected chi connectivity index (χ3v) is 0. The molecule has 0 unspecified atom stereocenters. The first kappa shape index (κ1) is 9.10. The third-order valence-electron chi connectivity index (χ3n) is 0. The van der Waals surface area contributed by atoms with Crippen molar-refractivity contribution in [3.8, 4) is 5.92 Å². The Morgan fingerprint density at radius 3 is 1.80 bits per heavy atom. The van der Waals surface area contributed by atoms with Crippen LogP contribution in [0.1, 0.15) is 6.92 Å². The number of hydrogen-bond acceptors (Lipinski definition) is 0. The molecule has 0 spiro atoms. The van der Waals surface area contributed by atoms with Crippen LogP contribution in [0.15, 0.2) is 0 Å². The van der Waals surface area contributed by atoms with Crippen LogP contribution in [-0.2, 0) is 18.2 Å². The van der Waals surface area contributed by atoms with Gasteiger partial charge in [-0.25, -0.2) is 0 Å². The van der Waals surface area contributed by atoms with Crippen molar-refractivity contribution in [3.63, 3.8) is 0 Å². The Morgan fingerprint density at radius 1 is 1.80 bits per heavy atom. The maximum atomic E-state index is 5.96. The van der Waals surface area contributed by atoms with Gasteiger partial charge in [0.05, 0.1) is 0 Å². The number of halogens is 1.